The Balaban J connectivity index is 1.61. The molecule has 6 nitrogen and oxygen atoms in total. The summed E-state index contributed by atoms with van der Waals surface area (Å²) < 4.78 is 63.2. The number of benzene rings is 3. The lowest BCUT2D eigenvalue weighted by atomic mass is 10.0. The summed E-state index contributed by atoms with van der Waals surface area (Å²) in [6.07, 6.45) is -1.05. The first-order valence-corrected chi connectivity index (χ1v) is 10.9. The maximum absolute atomic E-state index is 12.7. The number of anilines is 1. The van der Waals surface area contributed by atoms with E-state index in [-0.39, 0.29) is 0 Å². The number of imidazole rings is 1. The van der Waals surface area contributed by atoms with Gasteiger partial charge in [-0.1, -0.05) is 42.5 Å². The minimum atomic E-state index is -4.37. The van der Waals surface area contributed by atoms with Crippen molar-refractivity contribution in [2.24, 2.45) is 5.14 Å². The molecule has 0 radical (unpaired) electrons. The SMILES string of the molecule is NS(=O)(=O)Nc1ccccc1-c1ccc2[nH]c(/C=C/c3ccc(C(F)(F)F)cc3)nc2c1. The van der Waals surface area contributed by atoms with Gasteiger partial charge in [-0.3, -0.25) is 4.72 Å². The number of hydrogen-bond acceptors (Lipinski definition) is 3. The Kier molecular flexibility index (Phi) is 5.49. The molecule has 0 aliphatic heterocycles. The summed E-state index contributed by atoms with van der Waals surface area (Å²) in [6.45, 7) is 0. The lowest BCUT2D eigenvalue weighted by Gasteiger charge is -2.10. The molecule has 32 heavy (non-hydrogen) atoms. The zero-order valence-electron chi connectivity index (χ0n) is 16.4. The van der Waals surface area contributed by atoms with Crippen LogP contribution >= 0.6 is 0 Å². The Hall–Kier alpha value is -3.63. The summed E-state index contributed by atoms with van der Waals surface area (Å²) in [5, 5.41) is 5.10. The van der Waals surface area contributed by atoms with Crippen LogP contribution in [0.4, 0.5) is 18.9 Å². The van der Waals surface area contributed by atoms with E-state index in [9.17, 15) is 21.6 Å². The highest BCUT2D eigenvalue weighted by molar-refractivity contribution is 7.90. The number of nitrogens with two attached hydrogens (primary N) is 1. The molecular formula is C22H17F3N4O2S. The molecule has 164 valence electrons. The number of alkyl halides is 3. The van der Waals surface area contributed by atoms with Crippen molar-refractivity contribution in [2.45, 2.75) is 6.18 Å². The highest BCUT2D eigenvalue weighted by Gasteiger charge is 2.29. The van der Waals surface area contributed by atoms with Crippen molar-refractivity contribution in [3.63, 3.8) is 0 Å². The predicted molar refractivity (Wildman–Crippen MR) is 119 cm³/mol. The number of hydrogen-bond donors (Lipinski definition) is 3. The molecule has 0 fully saturated rings. The quantitative estimate of drug-likeness (QED) is 0.391. The van der Waals surface area contributed by atoms with Crippen molar-refractivity contribution in [1.29, 1.82) is 0 Å². The topological polar surface area (TPSA) is 101 Å². The van der Waals surface area contributed by atoms with Crippen LogP contribution in [-0.2, 0) is 16.4 Å². The van der Waals surface area contributed by atoms with Crippen molar-refractivity contribution in [3.05, 3.63) is 83.7 Å². The Morgan fingerprint density at radius 1 is 0.969 bits per heavy atom. The van der Waals surface area contributed by atoms with Crippen LogP contribution in [0.15, 0.2) is 66.7 Å². The van der Waals surface area contributed by atoms with E-state index < -0.39 is 21.9 Å². The van der Waals surface area contributed by atoms with E-state index in [1.165, 1.54) is 12.1 Å². The van der Waals surface area contributed by atoms with E-state index >= 15 is 0 Å². The largest absolute Gasteiger partial charge is 0.416 e. The number of aromatic nitrogens is 2. The van der Waals surface area contributed by atoms with Crippen LogP contribution in [0, 0.1) is 0 Å². The summed E-state index contributed by atoms with van der Waals surface area (Å²) in [7, 11) is -3.93. The number of fused-ring (bicyclic) bond motifs is 1. The fraction of sp³-hybridized carbons (Fsp3) is 0.0455. The van der Waals surface area contributed by atoms with E-state index in [1.54, 1.807) is 48.6 Å². The fourth-order valence-corrected chi connectivity index (χ4v) is 3.69. The molecule has 0 atom stereocenters. The summed E-state index contributed by atoms with van der Waals surface area (Å²) in [5.74, 6) is 0.521. The van der Waals surface area contributed by atoms with E-state index in [1.807, 2.05) is 6.07 Å². The minimum Gasteiger partial charge on any atom is -0.338 e. The van der Waals surface area contributed by atoms with Crippen molar-refractivity contribution < 1.29 is 21.6 Å². The molecule has 0 saturated carbocycles. The molecular weight excluding hydrogens is 441 g/mol. The highest BCUT2D eigenvalue weighted by Crippen LogP contribution is 2.31. The third-order valence-corrected chi connectivity index (χ3v) is 5.17. The molecule has 3 aromatic carbocycles. The number of H-pyrrole nitrogens is 1. The van der Waals surface area contributed by atoms with Gasteiger partial charge in [-0.05, 0) is 47.5 Å². The molecule has 10 heteroatoms. The number of nitrogens with zero attached hydrogens (tertiary/aromatic N) is 1. The number of nitrogens with one attached hydrogen (secondary N) is 2. The van der Waals surface area contributed by atoms with Gasteiger partial charge in [0.2, 0.25) is 0 Å². The Morgan fingerprint density at radius 2 is 1.69 bits per heavy atom. The summed E-state index contributed by atoms with van der Waals surface area (Å²) in [5.41, 5.74) is 2.98. The van der Waals surface area contributed by atoms with Gasteiger partial charge in [0, 0.05) is 5.56 Å². The number of rotatable bonds is 5. The van der Waals surface area contributed by atoms with Gasteiger partial charge < -0.3 is 4.98 Å². The molecule has 4 rings (SSSR count). The molecule has 0 bridgehead atoms. The van der Waals surface area contributed by atoms with Gasteiger partial charge in [-0.2, -0.15) is 21.6 Å². The number of aromatic amines is 1. The second-order valence-corrected chi connectivity index (χ2v) is 8.29. The Bertz CT molecular complexity index is 1410. The van der Waals surface area contributed by atoms with E-state index in [2.05, 4.69) is 14.7 Å². The van der Waals surface area contributed by atoms with Crippen molar-refractivity contribution in [1.82, 2.24) is 9.97 Å². The minimum absolute atomic E-state index is 0.340. The average molecular weight is 458 g/mol. The third kappa shape index (κ3) is 4.98. The van der Waals surface area contributed by atoms with Gasteiger partial charge in [-0.25, -0.2) is 10.1 Å². The van der Waals surface area contributed by atoms with Crippen LogP contribution in [0.2, 0.25) is 0 Å². The highest BCUT2D eigenvalue weighted by atomic mass is 32.2. The van der Waals surface area contributed by atoms with Crippen molar-refractivity contribution in [3.8, 4) is 11.1 Å². The monoisotopic (exact) mass is 458 g/mol. The molecule has 4 N–H and O–H groups in total. The third-order valence-electron chi connectivity index (χ3n) is 4.66. The molecule has 0 unspecified atom stereocenters. The van der Waals surface area contributed by atoms with Gasteiger partial charge in [-0.15, -0.1) is 0 Å². The van der Waals surface area contributed by atoms with Gasteiger partial charge in [0.25, 0.3) is 10.2 Å². The van der Waals surface area contributed by atoms with Crippen LogP contribution in [0.25, 0.3) is 34.3 Å². The molecule has 4 aromatic rings. The molecule has 0 aliphatic carbocycles. The maximum atomic E-state index is 12.7. The molecule has 0 spiro atoms. The van der Waals surface area contributed by atoms with Gasteiger partial charge >= 0.3 is 6.18 Å². The predicted octanol–water partition coefficient (Wildman–Crippen LogP) is 5.03. The molecule has 0 amide bonds. The van der Waals surface area contributed by atoms with Crippen LogP contribution in [0.3, 0.4) is 0 Å². The number of para-hydroxylation sites is 1. The summed E-state index contributed by atoms with van der Waals surface area (Å²) in [6, 6.07) is 17.1. The first-order chi connectivity index (χ1) is 15.1. The van der Waals surface area contributed by atoms with Gasteiger partial charge in [0.15, 0.2) is 0 Å². The molecule has 0 saturated heterocycles. The zero-order valence-corrected chi connectivity index (χ0v) is 17.2. The first-order valence-electron chi connectivity index (χ1n) is 9.33. The number of halogens is 3. The summed E-state index contributed by atoms with van der Waals surface area (Å²) in [4.78, 5) is 7.61. The van der Waals surface area contributed by atoms with Crippen LogP contribution < -0.4 is 9.86 Å². The van der Waals surface area contributed by atoms with Gasteiger partial charge in [0.1, 0.15) is 5.82 Å². The lowest BCUT2D eigenvalue weighted by Crippen LogP contribution is -2.22. The standard InChI is InChI=1S/C22H17F3N4O2S/c23-22(24,25)16-9-5-14(6-10-16)7-12-21-27-19-11-8-15(13-20(19)28-21)17-3-1-2-4-18(17)29-32(26,30)31/h1-13,29H,(H,27,28)(H2,26,30,31)/b12-7+. The molecule has 1 aromatic heterocycles. The second-order valence-electron chi connectivity index (χ2n) is 7.00. The average Bonchev–Trinajstić information content (AvgIpc) is 3.13. The fourth-order valence-electron chi connectivity index (χ4n) is 3.21. The van der Waals surface area contributed by atoms with E-state index in [0.29, 0.717) is 28.2 Å². The van der Waals surface area contributed by atoms with Crippen LogP contribution in [0.5, 0.6) is 0 Å². The second kappa shape index (κ2) is 8.13. The normalized spacial score (nSPS) is 12.5. The maximum Gasteiger partial charge on any atom is 0.416 e. The van der Waals surface area contributed by atoms with Crippen LogP contribution in [-0.4, -0.2) is 18.4 Å². The molecule has 1 heterocycles. The zero-order chi connectivity index (χ0) is 22.9. The smallest absolute Gasteiger partial charge is 0.338 e. The lowest BCUT2D eigenvalue weighted by molar-refractivity contribution is -0.137. The van der Waals surface area contributed by atoms with Gasteiger partial charge in [0.05, 0.1) is 22.3 Å². The van der Waals surface area contributed by atoms with Crippen molar-refractivity contribution >= 4 is 39.1 Å². The first kappa shape index (κ1) is 21.6. The molecule has 0 aliphatic rings. The Labute approximate surface area is 181 Å². The summed E-state index contributed by atoms with van der Waals surface area (Å²) >= 11 is 0. The Morgan fingerprint density at radius 3 is 2.38 bits per heavy atom. The van der Waals surface area contributed by atoms with Crippen molar-refractivity contribution in [2.75, 3.05) is 4.72 Å². The van der Waals surface area contributed by atoms with E-state index in [4.69, 9.17) is 5.14 Å². The van der Waals surface area contributed by atoms with Crippen LogP contribution in [0.1, 0.15) is 17.0 Å². The van der Waals surface area contributed by atoms with E-state index in [0.717, 1.165) is 23.2 Å².